The molecule has 0 atom stereocenters. The summed E-state index contributed by atoms with van der Waals surface area (Å²) in [5.74, 6) is -0.112. The van der Waals surface area contributed by atoms with Gasteiger partial charge in [-0.2, -0.15) is 0 Å². The van der Waals surface area contributed by atoms with Crippen molar-refractivity contribution in [3.8, 4) is 17.2 Å². The lowest BCUT2D eigenvalue weighted by Gasteiger charge is -2.26. The number of methoxy groups -OCH3 is 1. The number of hydrogen-bond donors (Lipinski definition) is 1. The first-order valence-corrected chi connectivity index (χ1v) is 11.9. The van der Waals surface area contributed by atoms with E-state index >= 15 is 0 Å². The maximum absolute atomic E-state index is 13.1. The van der Waals surface area contributed by atoms with E-state index in [1.54, 1.807) is 54.6 Å². The van der Waals surface area contributed by atoms with Gasteiger partial charge in [0, 0.05) is 4.47 Å². The number of carbonyl (C=O) groups is 3. The van der Waals surface area contributed by atoms with E-state index in [1.165, 1.54) is 13.2 Å². The van der Waals surface area contributed by atoms with Gasteiger partial charge in [-0.15, -0.1) is 0 Å². The molecule has 4 amide bonds. The minimum absolute atomic E-state index is 0.193. The summed E-state index contributed by atoms with van der Waals surface area (Å²) in [6.07, 6.45) is 1.39. The van der Waals surface area contributed by atoms with Crippen LogP contribution in [0.5, 0.6) is 17.2 Å². The number of anilines is 1. The van der Waals surface area contributed by atoms with Crippen LogP contribution in [0.15, 0.2) is 76.8 Å². The van der Waals surface area contributed by atoms with Crippen molar-refractivity contribution in [2.75, 3.05) is 25.2 Å². The molecule has 1 aliphatic heterocycles. The predicted octanol–water partition coefficient (Wildman–Crippen LogP) is 5.24. The molecule has 0 saturated carbocycles. The standard InChI is InChI=1S/C26H20BrClN2O6/c1-34-23-15-16(6-11-22(23)36-13-12-35-21-5-3-2-4-20(21)28)14-19-24(31)29-26(33)30(25(19)32)18-9-7-17(27)8-10-18/h2-11,14-15H,12-13H2,1H3,(H,29,31,33). The van der Waals surface area contributed by atoms with Crippen LogP contribution in [0.25, 0.3) is 6.08 Å². The number of imide groups is 2. The Labute approximate surface area is 220 Å². The van der Waals surface area contributed by atoms with Crippen LogP contribution >= 0.6 is 27.5 Å². The number of nitrogens with one attached hydrogen (secondary N) is 1. The molecule has 4 rings (SSSR count). The van der Waals surface area contributed by atoms with Crippen LogP contribution in [0.1, 0.15) is 5.56 Å². The highest BCUT2D eigenvalue weighted by atomic mass is 79.9. The van der Waals surface area contributed by atoms with Gasteiger partial charge in [0.15, 0.2) is 11.5 Å². The summed E-state index contributed by atoms with van der Waals surface area (Å²) in [5, 5.41) is 2.71. The van der Waals surface area contributed by atoms with Crippen LogP contribution in [-0.4, -0.2) is 38.2 Å². The number of para-hydroxylation sites is 1. The molecule has 1 N–H and O–H groups in total. The number of urea groups is 1. The number of carbonyl (C=O) groups excluding carboxylic acids is 3. The molecular weight excluding hydrogens is 552 g/mol. The number of hydrogen-bond acceptors (Lipinski definition) is 6. The van der Waals surface area contributed by atoms with Crippen LogP contribution in [0.3, 0.4) is 0 Å². The second kappa shape index (κ2) is 11.3. The number of barbiturate groups is 1. The van der Waals surface area contributed by atoms with Gasteiger partial charge in [-0.1, -0.05) is 45.7 Å². The molecule has 3 aromatic rings. The summed E-state index contributed by atoms with van der Waals surface area (Å²) in [7, 11) is 1.48. The Hall–Kier alpha value is -3.82. The fraction of sp³-hybridized carbons (Fsp3) is 0.115. The predicted molar refractivity (Wildman–Crippen MR) is 139 cm³/mol. The lowest BCUT2D eigenvalue weighted by Crippen LogP contribution is -2.54. The summed E-state index contributed by atoms with van der Waals surface area (Å²) >= 11 is 9.39. The van der Waals surface area contributed by atoms with Gasteiger partial charge in [0.2, 0.25) is 0 Å². The molecule has 0 radical (unpaired) electrons. The zero-order valence-corrected chi connectivity index (χ0v) is 21.3. The summed E-state index contributed by atoms with van der Waals surface area (Å²) < 4.78 is 17.6. The second-order valence-corrected chi connectivity index (χ2v) is 8.79. The summed E-state index contributed by atoms with van der Waals surface area (Å²) in [4.78, 5) is 38.8. The second-order valence-electron chi connectivity index (χ2n) is 7.47. The van der Waals surface area contributed by atoms with Gasteiger partial charge in [-0.25, -0.2) is 9.69 Å². The Morgan fingerprint density at radius 1 is 0.917 bits per heavy atom. The third-order valence-corrected chi connectivity index (χ3v) is 5.96. The van der Waals surface area contributed by atoms with E-state index in [-0.39, 0.29) is 18.8 Å². The SMILES string of the molecule is COc1cc(C=C2C(=O)NC(=O)N(c3ccc(Br)cc3)C2=O)ccc1OCCOc1ccccc1Cl. The van der Waals surface area contributed by atoms with Crippen LogP contribution in [-0.2, 0) is 9.59 Å². The highest BCUT2D eigenvalue weighted by Crippen LogP contribution is 2.30. The first-order chi connectivity index (χ1) is 17.4. The third-order valence-electron chi connectivity index (χ3n) is 5.12. The van der Waals surface area contributed by atoms with Crippen molar-refractivity contribution in [3.05, 3.63) is 87.4 Å². The van der Waals surface area contributed by atoms with E-state index in [2.05, 4.69) is 21.2 Å². The third kappa shape index (κ3) is 5.69. The van der Waals surface area contributed by atoms with Gasteiger partial charge in [-0.3, -0.25) is 14.9 Å². The minimum atomic E-state index is -0.815. The topological polar surface area (TPSA) is 94.2 Å². The Balaban J connectivity index is 1.48. The van der Waals surface area contributed by atoms with Crippen LogP contribution < -0.4 is 24.4 Å². The molecule has 0 spiro atoms. The van der Waals surface area contributed by atoms with Crippen molar-refractivity contribution in [3.63, 3.8) is 0 Å². The van der Waals surface area contributed by atoms with E-state index < -0.39 is 17.8 Å². The maximum Gasteiger partial charge on any atom is 0.335 e. The van der Waals surface area contributed by atoms with Crippen LogP contribution in [0.4, 0.5) is 10.5 Å². The fourth-order valence-corrected chi connectivity index (χ4v) is 3.86. The summed E-state index contributed by atoms with van der Waals surface area (Å²) in [5.41, 5.74) is 0.649. The maximum atomic E-state index is 13.1. The van der Waals surface area contributed by atoms with Gasteiger partial charge in [0.1, 0.15) is 24.5 Å². The van der Waals surface area contributed by atoms with Gasteiger partial charge in [-0.05, 0) is 60.2 Å². The molecule has 1 fully saturated rings. The highest BCUT2D eigenvalue weighted by Gasteiger charge is 2.36. The van der Waals surface area contributed by atoms with E-state index in [4.69, 9.17) is 25.8 Å². The van der Waals surface area contributed by atoms with Crippen molar-refractivity contribution in [2.45, 2.75) is 0 Å². The highest BCUT2D eigenvalue weighted by molar-refractivity contribution is 9.10. The Morgan fingerprint density at radius 3 is 2.31 bits per heavy atom. The molecule has 1 saturated heterocycles. The number of rotatable bonds is 8. The molecule has 0 bridgehead atoms. The Morgan fingerprint density at radius 2 is 1.61 bits per heavy atom. The molecule has 0 aliphatic carbocycles. The van der Waals surface area contributed by atoms with E-state index in [9.17, 15) is 14.4 Å². The number of halogens is 2. The molecule has 3 aromatic carbocycles. The summed E-state index contributed by atoms with van der Waals surface area (Å²) in [6, 6.07) is 17.8. The number of ether oxygens (including phenoxy) is 3. The van der Waals surface area contributed by atoms with E-state index in [0.717, 1.165) is 9.37 Å². The molecule has 8 nitrogen and oxygen atoms in total. The minimum Gasteiger partial charge on any atom is -0.493 e. The quantitative estimate of drug-likeness (QED) is 0.226. The monoisotopic (exact) mass is 570 g/mol. The van der Waals surface area contributed by atoms with Crippen molar-refractivity contribution >= 4 is 57.1 Å². The average Bonchev–Trinajstić information content (AvgIpc) is 2.87. The number of amides is 4. The zero-order chi connectivity index (χ0) is 25.7. The molecule has 36 heavy (non-hydrogen) atoms. The molecule has 0 aromatic heterocycles. The summed E-state index contributed by atoms with van der Waals surface area (Å²) in [6.45, 7) is 0.487. The average molecular weight is 572 g/mol. The van der Waals surface area contributed by atoms with E-state index in [0.29, 0.717) is 33.5 Å². The normalized spacial score (nSPS) is 14.6. The van der Waals surface area contributed by atoms with Crippen molar-refractivity contribution in [1.82, 2.24) is 5.32 Å². The van der Waals surface area contributed by atoms with Gasteiger partial charge in [0.05, 0.1) is 17.8 Å². The Bertz CT molecular complexity index is 1340. The van der Waals surface area contributed by atoms with Gasteiger partial charge < -0.3 is 14.2 Å². The van der Waals surface area contributed by atoms with Crippen molar-refractivity contribution < 1.29 is 28.6 Å². The lowest BCUT2D eigenvalue weighted by molar-refractivity contribution is -0.122. The number of benzene rings is 3. The molecule has 1 aliphatic rings. The van der Waals surface area contributed by atoms with Gasteiger partial charge in [0.25, 0.3) is 11.8 Å². The molecular formula is C26H20BrClN2O6. The largest absolute Gasteiger partial charge is 0.493 e. The Kier molecular flexibility index (Phi) is 7.92. The molecule has 0 unspecified atom stereocenters. The zero-order valence-electron chi connectivity index (χ0n) is 19.0. The van der Waals surface area contributed by atoms with Crippen molar-refractivity contribution in [2.24, 2.45) is 0 Å². The first kappa shape index (κ1) is 25.3. The fourth-order valence-electron chi connectivity index (χ4n) is 3.41. The van der Waals surface area contributed by atoms with Crippen molar-refractivity contribution in [1.29, 1.82) is 0 Å². The van der Waals surface area contributed by atoms with Crippen LogP contribution in [0, 0.1) is 0 Å². The molecule has 1 heterocycles. The molecule has 184 valence electrons. The van der Waals surface area contributed by atoms with Gasteiger partial charge >= 0.3 is 6.03 Å². The number of nitrogens with zero attached hydrogens (tertiary/aromatic N) is 1. The smallest absolute Gasteiger partial charge is 0.335 e. The van der Waals surface area contributed by atoms with E-state index in [1.807, 2.05) is 12.1 Å². The first-order valence-electron chi connectivity index (χ1n) is 10.7. The lowest BCUT2D eigenvalue weighted by atomic mass is 10.1. The van der Waals surface area contributed by atoms with Crippen LogP contribution in [0.2, 0.25) is 5.02 Å². The molecule has 10 heteroatoms.